The van der Waals surface area contributed by atoms with Crippen molar-refractivity contribution < 1.29 is 9.13 Å². The molecule has 1 spiro atoms. The van der Waals surface area contributed by atoms with Crippen molar-refractivity contribution in [1.82, 2.24) is 14.9 Å². The standard InChI is InChI=1S/C20H25FN4O/c21-18-5-2-1-4-16(18)15-25-11-7-20(8-12-25)14-17(6-13-26-20)24-19-22-9-3-10-23-19/h1-5,9-10,17H,6-8,11-15H2,(H,22,23,24)/t17-/m1/s1. The van der Waals surface area contributed by atoms with Crippen LogP contribution in [0.3, 0.4) is 0 Å². The van der Waals surface area contributed by atoms with Gasteiger partial charge in [0.2, 0.25) is 5.95 Å². The number of piperidine rings is 1. The molecule has 2 saturated heterocycles. The van der Waals surface area contributed by atoms with Crippen molar-refractivity contribution in [3.8, 4) is 0 Å². The molecule has 0 radical (unpaired) electrons. The quantitative estimate of drug-likeness (QED) is 0.911. The monoisotopic (exact) mass is 356 g/mol. The molecule has 1 aromatic heterocycles. The fourth-order valence-corrected chi connectivity index (χ4v) is 4.04. The van der Waals surface area contributed by atoms with E-state index in [1.54, 1.807) is 18.5 Å². The molecule has 0 aliphatic carbocycles. The highest BCUT2D eigenvalue weighted by Gasteiger charge is 2.40. The number of hydrogen-bond donors (Lipinski definition) is 1. The van der Waals surface area contributed by atoms with Gasteiger partial charge in [0.25, 0.3) is 0 Å². The van der Waals surface area contributed by atoms with E-state index in [0.29, 0.717) is 18.5 Å². The van der Waals surface area contributed by atoms with E-state index in [2.05, 4.69) is 20.2 Å². The van der Waals surface area contributed by atoms with Gasteiger partial charge in [-0.25, -0.2) is 14.4 Å². The van der Waals surface area contributed by atoms with E-state index < -0.39 is 0 Å². The number of nitrogens with one attached hydrogen (secondary N) is 1. The SMILES string of the molecule is Fc1ccccc1CN1CCC2(CC1)C[C@H](Nc1ncccn1)CCO2. The van der Waals surface area contributed by atoms with Gasteiger partial charge in [0.05, 0.1) is 5.60 Å². The molecule has 138 valence electrons. The number of ether oxygens (including phenoxy) is 1. The fourth-order valence-electron chi connectivity index (χ4n) is 4.04. The molecule has 0 unspecified atom stereocenters. The number of halogens is 1. The second-order valence-corrected chi connectivity index (χ2v) is 7.31. The molecule has 6 heteroatoms. The molecule has 0 saturated carbocycles. The van der Waals surface area contributed by atoms with Crippen LogP contribution < -0.4 is 5.32 Å². The zero-order chi connectivity index (χ0) is 17.8. The Balaban J connectivity index is 1.33. The molecule has 2 aromatic rings. The maximum absolute atomic E-state index is 13.9. The highest BCUT2D eigenvalue weighted by Crippen LogP contribution is 2.36. The topological polar surface area (TPSA) is 50.3 Å². The minimum Gasteiger partial charge on any atom is -0.375 e. The number of anilines is 1. The summed E-state index contributed by atoms with van der Waals surface area (Å²) in [5.41, 5.74) is 0.699. The normalized spacial score (nSPS) is 23.0. The lowest BCUT2D eigenvalue weighted by molar-refractivity contribution is -0.115. The second-order valence-electron chi connectivity index (χ2n) is 7.31. The minimum absolute atomic E-state index is 0.0730. The van der Waals surface area contributed by atoms with Gasteiger partial charge in [0.15, 0.2) is 0 Å². The van der Waals surface area contributed by atoms with Gasteiger partial charge in [-0.05, 0) is 37.8 Å². The summed E-state index contributed by atoms with van der Waals surface area (Å²) in [7, 11) is 0. The maximum Gasteiger partial charge on any atom is 0.222 e. The van der Waals surface area contributed by atoms with Crippen molar-refractivity contribution in [3.05, 3.63) is 54.1 Å². The lowest BCUT2D eigenvalue weighted by Crippen LogP contribution is -2.51. The summed E-state index contributed by atoms with van der Waals surface area (Å²) in [5, 5.41) is 3.45. The van der Waals surface area contributed by atoms with Crippen LogP contribution >= 0.6 is 0 Å². The molecule has 0 amide bonds. The molecule has 1 aromatic carbocycles. The van der Waals surface area contributed by atoms with Crippen molar-refractivity contribution in [3.63, 3.8) is 0 Å². The molecule has 2 aliphatic heterocycles. The van der Waals surface area contributed by atoms with Gasteiger partial charge in [0.1, 0.15) is 5.82 Å². The molecule has 1 N–H and O–H groups in total. The largest absolute Gasteiger partial charge is 0.375 e. The highest BCUT2D eigenvalue weighted by molar-refractivity contribution is 5.25. The number of benzene rings is 1. The number of likely N-dealkylation sites (tertiary alicyclic amines) is 1. The van der Waals surface area contributed by atoms with Crippen LogP contribution in [0.4, 0.5) is 10.3 Å². The van der Waals surface area contributed by atoms with Crippen LogP contribution in [0.5, 0.6) is 0 Å². The second kappa shape index (κ2) is 7.68. The van der Waals surface area contributed by atoms with E-state index in [1.807, 2.05) is 18.2 Å². The van der Waals surface area contributed by atoms with Crippen molar-refractivity contribution in [2.45, 2.75) is 43.9 Å². The average molecular weight is 356 g/mol. The van der Waals surface area contributed by atoms with Gasteiger partial charge in [-0.1, -0.05) is 18.2 Å². The van der Waals surface area contributed by atoms with Crippen LogP contribution in [0.1, 0.15) is 31.2 Å². The average Bonchev–Trinajstić information content (AvgIpc) is 2.67. The predicted molar refractivity (Wildman–Crippen MR) is 98.3 cm³/mol. The smallest absolute Gasteiger partial charge is 0.222 e. The Kier molecular flexibility index (Phi) is 5.13. The third-order valence-electron chi connectivity index (χ3n) is 5.51. The van der Waals surface area contributed by atoms with Crippen molar-refractivity contribution in [2.75, 3.05) is 25.0 Å². The molecule has 26 heavy (non-hydrogen) atoms. The van der Waals surface area contributed by atoms with E-state index in [0.717, 1.165) is 50.9 Å². The molecule has 2 fully saturated rings. The number of nitrogens with zero attached hydrogens (tertiary/aromatic N) is 3. The molecule has 5 nitrogen and oxygen atoms in total. The summed E-state index contributed by atoms with van der Waals surface area (Å²) in [4.78, 5) is 10.9. The maximum atomic E-state index is 13.9. The van der Waals surface area contributed by atoms with E-state index in [1.165, 1.54) is 6.07 Å². The Labute approximate surface area is 153 Å². The zero-order valence-corrected chi connectivity index (χ0v) is 14.9. The van der Waals surface area contributed by atoms with Gasteiger partial charge in [-0.3, -0.25) is 4.90 Å². The first kappa shape index (κ1) is 17.4. The van der Waals surface area contributed by atoms with Gasteiger partial charge in [-0.2, -0.15) is 0 Å². The Morgan fingerprint density at radius 2 is 1.92 bits per heavy atom. The molecule has 0 bridgehead atoms. The third kappa shape index (κ3) is 4.02. The van der Waals surface area contributed by atoms with E-state index in [9.17, 15) is 4.39 Å². The summed E-state index contributed by atoms with van der Waals surface area (Å²) in [6.45, 7) is 3.30. The number of hydrogen-bond acceptors (Lipinski definition) is 5. The van der Waals surface area contributed by atoms with Crippen LogP contribution in [-0.2, 0) is 11.3 Å². The molecule has 2 aliphatic rings. The first-order valence-corrected chi connectivity index (χ1v) is 9.36. The van der Waals surface area contributed by atoms with Gasteiger partial charge < -0.3 is 10.1 Å². The van der Waals surface area contributed by atoms with E-state index >= 15 is 0 Å². The van der Waals surface area contributed by atoms with Crippen molar-refractivity contribution >= 4 is 5.95 Å². The Morgan fingerprint density at radius 3 is 2.69 bits per heavy atom. The third-order valence-corrected chi connectivity index (χ3v) is 5.51. The van der Waals surface area contributed by atoms with Crippen LogP contribution in [0, 0.1) is 5.82 Å². The van der Waals surface area contributed by atoms with Crippen LogP contribution in [-0.4, -0.2) is 46.2 Å². The van der Waals surface area contributed by atoms with E-state index in [-0.39, 0.29) is 11.4 Å². The first-order chi connectivity index (χ1) is 12.7. The summed E-state index contributed by atoms with van der Waals surface area (Å²) < 4.78 is 20.1. The summed E-state index contributed by atoms with van der Waals surface area (Å²) in [6, 6.07) is 9.20. The molecule has 1 atom stereocenters. The van der Waals surface area contributed by atoms with Crippen molar-refractivity contribution in [2.24, 2.45) is 0 Å². The van der Waals surface area contributed by atoms with Crippen LogP contribution in [0.15, 0.2) is 42.7 Å². The van der Waals surface area contributed by atoms with Gasteiger partial charge in [-0.15, -0.1) is 0 Å². The molecule has 3 heterocycles. The lowest BCUT2D eigenvalue weighted by atomic mass is 9.82. The summed E-state index contributed by atoms with van der Waals surface area (Å²) in [6.07, 6.45) is 7.42. The predicted octanol–water partition coefficient (Wildman–Crippen LogP) is 3.24. The summed E-state index contributed by atoms with van der Waals surface area (Å²) >= 11 is 0. The Hall–Kier alpha value is -2.05. The summed E-state index contributed by atoms with van der Waals surface area (Å²) in [5.74, 6) is 0.570. The van der Waals surface area contributed by atoms with Crippen LogP contribution in [0.2, 0.25) is 0 Å². The van der Waals surface area contributed by atoms with Crippen LogP contribution in [0.25, 0.3) is 0 Å². The van der Waals surface area contributed by atoms with Crippen molar-refractivity contribution in [1.29, 1.82) is 0 Å². The van der Waals surface area contributed by atoms with Gasteiger partial charge in [0, 0.05) is 50.2 Å². The van der Waals surface area contributed by atoms with E-state index in [4.69, 9.17) is 4.74 Å². The molecule has 4 rings (SSSR count). The van der Waals surface area contributed by atoms with Gasteiger partial charge >= 0.3 is 0 Å². The Bertz CT molecular complexity index is 719. The lowest BCUT2D eigenvalue weighted by Gasteiger charge is -2.46. The Morgan fingerprint density at radius 1 is 1.15 bits per heavy atom. The highest BCUT2D eigenvalue weighted by atomic mass is 19.1. The first-order valence-electron chi connectivity index (χ1n) is 9.36. The minimum atomic E-state index is -0.117. The number of rotatable bonds is 4. The number of aromatic nitrogens is 2. The molecular weight excluding hydrogens is 331 g/mol. The molecular formula is C20H25FN4O. The zero-order valence-electron chi connectivity index (χ0n) is 14.9. The fraction of sp³-hybridized carbons (Fsp3) is 0.500.